The van der Waals surface area contributed by atoms with Crippen LogP contribution in [0, 0.1) is 0 Å². The fraction of sp³-hybridized carbons (Fsp3) is 0.545. The maximum Gasteiger partial charge on any atom is 0.409 e. The molecule has 0 aromatic carbocycles. The smallest absolute Gasteiger partial charge is 0.409 e. The Kier molecular flexibility index (Phi) is 4.05. The summed E-state index contributed by atoms with van der Waals surface area (Å²) in [5, 5.41) is 1.20. The molecule has 2 N–H and O–H groups in total. The summed E-state index contributed by atoms with van der Waals surface area (Å²) in [5.74, 6) is 0. The molecule has 0 aliphatic heterocycles. The number of H-pyrrole nitrogens is 1. The van der Waals surface area contributed by atoms with E-state index in [1.54, 1.807) is 39.1 Å². The highest BCUT2D eigenvalue weighted by Crippen LogP contribution is 2.17. The third-order valence-corrected chi connectivity index (χ3v) is 3.21. The van der Waals surface area contributed by atoms with Crippen molar-refractivity contribution in [3.8, 4) is 0 Å². The Hall–Kier alpha value is -1.50. The molecular weight excluding hydrogens is 256 g/mol. The fourth-order valence-electron chi connectivity index (χ4n) is 1.34. The van der Waals surface area contributed by atoms with E-state index in [2.05, 4.69) is 10.3 Å². The summed E-state index contributed by atoms with van der Waals surface area (Å²) >= 11 is 0. The molecule has 18 heavy (non-hydrogen) atoms. The SMILES string of the molecule is CC(C)(C)OC(=O)NC(c1ccc[nH]1)S(C)(=O)=O. The summed E-state index contributed by atoms with van der Waals surface area (Å²) < 4.78 is 28.3. The molecule has 1 unspecified atom stereocenters. The first-order chi connectivity index (χ1) is 8.09. The number of aromatic amines is 1. The van der Waals surface area contributed by atoms with E-state index in [-0.39, 0.29) is 0 Å². The molecule has 0 fully saturated rings. The number of nitrogens with one attached hydrogen (secondary N) is 2. The Labute approximate surface area is 107 Å². The number of rotatable bonds is 3. The molecule has 0 saturated heterocycles. The van der Waals surface area contributed by atoms with E-state index in [4.69, 9.17) is 4.74 Å². The lowest BCUT2D eigenvalue weighted by atomic mass is 10.2. The van der Waals surface area contributed by atoms with E-state index in [1.807, 2.05) is 0 Å². The van der Waals surface area contributed by atoms with Crippen molar-refractivity contribution < 1.29 is 17.9 Å². The highest BCUT2D eigenvalue weighted by Gasteiger charge is 2.27. The summed E-state index contributed by atoms with van der Waals surface area (Å²) in [6.45, 7) is 5.12. The van der Waals surface area contributed by atoms with Crippen LogP contribution in [-0.2, 0) is 14.6 Å². The topological polar surface area (TPSA) is 88.3 Å². The minimum atomic E-state index is -3.48. The number of carbonyl (C=O) groups is 1. The molecule has 0 saturated carbocycles. The summed E-state index contributed by atoms with van der Waals surface area (Å²) in [6, 6.07) is 3.24. The third kappa shape index (κ3) is 4.40. The lowest BCUT2D eigenvalue weighted by Gasteiger charge is -2.22. The summed E-state index contributed by atoms with van der Waals surface area (Å²) in [7, 11) is -3.48. The summed E-state index contributed by atoms with van der Waals surface area (Å²) in [6.07, 6.45) is 1.87. The molecule has 7 heteroatoms. The molecule has 1 aromatic heterocycles. The molecule has 0 radical (unpaired) electrons. The van der Waals surface area contributed by atoms with E-state index in [0.29, 0.717) is 5.69 Å². The molecule has 1 rings (SSSR count). The van der Waals surface area contributed by atoms with Gasteiger partial charge in [-0.25, -0.2) is 13.2 Å². The zero-order chi connectivity index (χ0) is 14.0. The molecule has 0 aliphatic carbocycles. The number of ether oxygens (including phenoxy) is 1. The van der Waals surface area contributed by atoms with Crippen LogP contribution < -0.4 is 5.32 Å². The third-order valence-electron chi connectivity index (χ3n) is 1.98. The fourth-order valence-corrected chi connectivity index (χ4v) is 2.26. The van der Waals surface area contributed by atoms with Crippen molar-refractivity contribution >= 4 is 15.9 Å². The average molecular weight is 274 g/mol. The molecule has 0 spiro atoms. The van der Waals surface area contributed by atoms with Crippen LogP contribution in [-0.4, -0.2) is 31.4 Å². The first-order valence-corrected chi connectivity index (χ1v) is 7.37. The van der Waals surface area contributed by atoms with Gasteiger partial charge in [0.25, 0.3) is 0 Å². The highest BCUT2D eigenvalue weighted by molar-refractivity contribution is 7.90. The normalized spacial score (nSPS) is 14.0. The van der Waals surface area contributed by atoms with Crippen molar-refractivity contribution in [3.05, 3.63) is 24.0 Å². The van der Waals surface area contributed by atoms with Gasteiger partial charge in [-0.15, -0.1) is 0 Å². The van der Waals surface area contributed by atoms with Crippen LogP contribution in [0.2, 0.25) is 0 Å². The van der Waals surface area contributed by atoms with Crippen LogP contribution in [0.15, 0.2) is 18.3 Å². The Balaban J connectivity index is 2.86. The zero-order valence-electron chi connectivity index (χ0n) is 10.9. The van der Waals surface area contributed by atoms with Gasteiger partial charge in [-0.05, 0) is 32.9 Å². The lowest BCUT2D eigenvalue weighted by Crippen LogP contribution is -2.38. The maximum atomic E-state index is 11.6. The van der Waals surface area contributed by atoms with Crippen molar-refractivity contribution in [1.82, 2.24) is 10.3 Å². The summed E-state index contributed by atoms with van der Waals surface area (Å²) in [5.41, 5.74) is -0.287. The molecular formula is C11H18N2O4S. The van der Waals surface area contributed by atoms with Gasteiger partial charge in [-0.2, -0.15) is 0 Å². The van der Waals surface area contributed by atoms with Crippen LogP contribution in [0.4, 0.5) is 4.79 Å². The zero-order valence-corrected chi connectivity index (χ0v) is 11.7. The van der Waals surface area contributed by atoms with Crippen molar-refractivity contribution in [1.29, 1.82) is 0 Å². The quantitative estimate of drug-likeness (QED) is 0.876. The van der Waals surface area contributed by atoms with E-state index in [0.717, 1.165) is 6.26 Å². The Morgan fingerprint density at radius 3 is 2.44 bits per heavy atom. The van der Waals surface area contributed by atoms with Gasteiger partial charge in [0.1, 0.15) is 5.60 Å². The monoisotopic (exact) mass is 274 g/mol. The van der Waals surface area contributed by atoms with Gasteiger partial charge in [-0.3, -0.25) is 5.32 Å². The van der Waals surface area contributed by atoms with Gasteiger partial charge >= 0.3 is 6.09 Å². The van der Waals surface area contributed by atoms with Crippen molar-refractivity contribution in [2.75, 3.05) is 6.26 Å². The molecule has 1 heterocycles. The first-order valence-electron chi connectivity index (χ1n) is 5.41. The van der Waals surface area contributed by atoms with Gasteiger partial charge in [0.05, 0.1) is 5.69 Å². The maximum absolute atomic E-state index is 11.6. The van der Waals surface area contributed by atoms with Crippen LogP contribution in [0.3, 0.4) is 0 Å². The predicted octanol–water partition coefficient (Wildman–Crippen LogP) is 1.58. The molecule has 102 valence electrons. The number of sulfone groups is 1. The Bertz CT molecular complexity index is 500. The minimum Gasteiger partial charge on any atom is -0.444 e. The number of carbonyl (C=O) groups excluding carboxylic acids is 1. The largest absolute Gasteiger partial charge is 0.444 e. The van der Waals surface area contributed by atoms with Crippen molar-refractivity contribution in [3.63, 3.8) is 0 Å². The molecule has 0 bridgehead atoms. The van der Waals surface area contributed by atoms with Crippen molar-refractivity contribution in [2.24, 2.45) is 0 Å². The van der Waals surface area contributed by atoms with E-state index in [9.17, 15) is 13.2 Å². The van der Waals surface area contributed by atoms with E-state index >= 15 is 0 Å². The lowest BCUT2D eigenvalue weighted by molar-refractivity contribution is 0.0519. The predicted molar refractivity (Wildman–Crippen MR) is 67.7 cm³/mol. The highest BCUT2D eigenvalue weighted by atomic mass is 32.2. The minimum absolute atomic E-state index is 0.392. The molecule has 6 nitrogen and oxygen atoms in total. The van der Waals surface area contributed by atoms with Gasteiger partial charge in [0.15, 0.2) is 15.2 Å². The van der Waals surface area contributed by atoms with Gasteiger partial charge in [0.2, 0.25) is 0 Å². The van der Waals surface area contributed by atoms with E-state index in [1.165, 1.54) is 0 Å². The van der Waals surface area contributed by atoms with Crippen molar-refractivity contribution in [2.45, 2.75) is 31.7 Å². The van der Waals surface area contributed by atoms with E-state index < -0.39 is 26.9 Å². The Morgan fingerprint density at radius 2 is 2.06 bits per heavy atom. The van der Waals surface area contributed by atoms with Crippen LogP contribution in [0.1, 0.15) is 31.8 Å². The second-order valence-electron chi connectivity index (χ2n) is 4.98. The number of alkyl carbamates (subject to hydrolysis) is 1. The van der Waals surface area contributed by atoms with Gasteiger partial charge < -0.3 is 9.72 Å². The second-order valence-corrected chi connectivity index (χ2v) is 7.11. The van der Waals surface area contributed by atoms with Crippen LogP contribution in [0.25, 0.3) is 0 Å². The molecule has 0 aliphatic rings. The average Bonchev–Trinajstić information content (AvgIpc) is 2.61. The molecule has 1 aromatic rings. The second kappa shape index (κ2) is 5.01. The number of amides is 1. The first kappa shape index (κ1) is 14.6. The number of aromatic nitrogens is 1. The van der Waals surface area contributed by atoms with Gasteiger partial charge in [0, 0.05) is 12.5 Å². The Morgan fingerprint density at radius 1 is 1.44 bits per heavy atom. The molecule has 1 amide bonds. The number of hydrogen-bond acceptors (Lipinski definition) is 4. The number of hydrogen-bond donors (Lipinski definition) is 2. The van der Waals surface area contributed by atoms with Gasteiger partial charge in [-0.1, -0.05) is 0 Å². The standard InChI is InChI=1S/C11H18N2O4S/c1-11(2,3)17-10(14)13-9(18(4,15)16)8-6-5-7-12-8/h5-7,9,12H,1-4H3,(H,13,14). The van der Waals surface area contributed by atoms with Crippen LogP contribution in [0.5, 0.6) is 0 Å². The molecule has 1 atom stereocenters. The van der Waals surface area contributed by atoms with Crippen LogP contribution >= 0.6 is 0 Å². The summed E-state index contributed by atoms with van der Waals surface area (Å²) in [4.78, 5) is 14.4.